The van der Waals surface area contributed by atoms with E-state index in [0.717, 1.165) is 39.1 Å². The molecule has 0 saturated heterocycles. The maximum atomic E-state index is 4.73. The smallest absolute Gasteiger partial charge is 0.0702 e. The molecule has 0 radical (unpaired) electrons. The zero-order valence-electron chi connectivity index (χ0n) is 27.4. The van der Waals surface area contributed by atoms with Crippen LogP contribution >= 0.6 is 22.7 Å². The van der Waals surface area contributed by atoms with Crippen molar-refractivity contribution in [3.05, 3.63) is 170 Å². The Kier molecular flexibility index (Phi) is 6.32. The number of thiophene rings is 2. The number of anilines is 3. The van der Waals surface area contributed by atoms with E-state index >= 15 is 0 Å². The van der Waals surface area contributed by atoms with Gasteiger partial charge in [-0.15, -0.1) is 22.7 Å². The topological polar surface area (TPSA) is 16.1 Å². The highest BCUT2D eigenvalue weighted by Gasteiger charge is 2.18. The second-order valence-electron chi connectivity index (χ2n) is 13.2. The number of nitrogens with zero attached hydrogens (tertiary/aromatic N) is 2. The maximum absolute atomic E-state index is 4.73. The van der Waals surface area contributed by atoms with Crippen molar-refractivity contribution in [1.82, 2.24) is 4.98 Å². The minimum absolute atomic E-state index is 1.01. The lowest BCUT2D eigenvalue weighted by molar-refractivity contribution is 1.30. The van der Waals surface area contributed by atoms with E-state index in [0.29, 0.717) is 0 Å². The number of rotatable bonds is 4. The Labute approximate surface area is 302 Å². The van der Waals surface area contributed by atoms with Crippen LogP contribution in [0.25, 0.3) is 83.9 Å². The number of aromatic nitrogens is 1. The Bertz CT molecular complexity index is 3000. The van der Waals surface area contributed by atoms with Gasteiger partial charge >= 0.3 is 0 Å². The molecule has 0 aliphatic carbocycles. The van der Waals surface area contributed by atoms with Crippen LogP contribution in [0.2, 0.25) is 0 Å². The standard InChI is InChI=1S/C47H28N2S2/c1-4-10-37-30(7-1)15-21-41-39-23-19-35(26-44(39)50-46(37)41)49(34-17-13-29(14-18-34)33-25-32-9-3-6-12-43(32)48-28-33)36-20-24-40-42-22-16-31-8-2-5-11-38(31)47(42)51-45(40)27-36/h1-28H. The summed E-state index contributed by atoms with van der Waals surface area (Å²) >= 11 is 3.78. The normalized spacial score (nSPS) is 11.9. The molecule has 3 aromatic heterocycles. The van der Waals surface area contributed by atoms with Crippen molar-refractivity contribution in [2.24, 2.45) is 0 Å². The SMILES string of the molecule is c1ccc2ncc(-c3ccc(N(c4ccc5c(c4)sc4c6ccccc6ccc54)c4ccc5c(c4)sc4c6ccccc6ccc54)cc3)cc2c1. The second kappa shape index (κ2) is 11.2. The van der Waals surface area contributed by atoms with Crippen molar-refractivity contribution in [1.29, 1.82) is 0 Å². The number of para-hydroxylation sites is 1. The van der Waals surface area contributed by atoms with E-state index in [-0.39, 0.29) is 0 Å². The van der Waals surface area contributed by atoms with Crippen molar-refractivity contribution in [2.75, 3.05) is 4.90 Å². The van der Waals surface area contributed by atoms with Crippen LogP contribution in [0.5, 0.6) is 0 Å². The molecule has 3 heterocycles. The fourth-order valence-corrected chi connectivity index (χ4v) is 10.3. The molecule has 0 fully saturated rings. The molecule has 0 amide bonds. The molecular weight excluding hydrogens is 657 g/mol. The van der Waals surface area contributed by atoms with Crippen LogP contribution in [0, 0.1) is 0 Å². The molecule has 4 heteroatoms. The summed E-state index contributed by atoms with van der Waals surface area (Å²) in [6.07, 6.45) is 1.98. The van der Waals surface area contributed by atoms with Gasteiger partial charge in [0.25, 0.3) is 0 Å². The Hall–Kier alpha value is -6.07. The van der Waals surface area contributed by atoms with Gasteiger partial charge in [0, 0.05) is 74.6 Å². The minimum Gasteiger partial charge on any atom is -0.310 e. The van der Waals surface area contributed by atoms with Crippen molar-refractivity contribution in [3.8, 4) is 11.1 Å². The molecule has 8 aromatic carbocycles. The van der Waals surface area contributed by atoms with E-state index in [1.165, 1.54) is 61.9 Å². The highest BCUT2D eigenvalue weighted by molar-refractivity contribution is 7.27. The second-order valence-corrected chi connectivity index (χ2v) is 15.3. The van der Waals surface area contributed by atoms with E-state index in [9.17, 15) is 0 Å². The van der Waals surface area contributed by atoms with Crippen molar-refractivity contribution in [2.45, 2.75) is 0 Å². The summed E-state index contributed by atoms with van der Waals surface area (Å²) < 4.78 is 5.27. The molecular formula is C47H28N2S2. The van der Waals surface area contributed by atoms with E-state index in [1.807, 2.05) is 34.9 Å². The molecule has 51 heavy (non-hydrogen) atoms. The number of benzene rings is 8. The summed E-state index contributed by atoms with van der Waals surface area (Å²) in [7, 11) is 0. The summed E-state index contributed by atoms with van der Waals surface area (Å²) in [6.45, 7) is 0. The monoisotopic (exact) mass is 684 g/mol. The predicted octanol–water partition coefficient (Wildman–Crippen LogP) is 14.4. The fraction of sp³-hybridized carbons (Fsp3) is 0. The molecule has 0 spiro atoms. The average molecular weight is 685 g/mol. The van der Waals surface area contributed by atoms with Crippen LogP contribution in [0.3, 0.4) is 0 Å². The highest BCUT2D eigenvalue weighted by Crippen LogP contribution is 2.45. The van der Waals surface area contributed by atoms with Gasteiger partial charge in [0.2, 0.25) is 0 Å². The van der Waals surface area contributed by atoms with E-state index in [1.54, 1.807) is 0 Å². The summed E-state index contributed by atoms with van der Waals surface area (Å²) in [5, 5.41) is 11.6. The van der Waals surface area contributed by atoms with Crippen LogP contribution in [-0.4, -0.2) is 4.98 Å². The first-order valence-electron chi connectivity index (χ1n) is 17.2. The van der Waals surface area contributed by atoms with Crippen LogP contribution < -0.4 is 4.90 Å². The first-order valence-corrected chi connectivity index (χ1v) is 18.8. The fourth-order valence-electron chi connectivity index (χ4n) is 7.74. The molecule has 11 rings (SSSR count). The minimum atomic E-state index is 1.01. The molecule has 11 aromatic rings. The number of fused-ring (bicyclic) bond motifs is 11. The van der Waals surface area contributed by atoms with E-state index in [2.05, 4.69) is 163 Å². The van der Waals surface area contributed by atoms with Crippen LogP contribution in [0.4, 0.5) is 17.1 Å². The summed E-state index contributed by atoms with van der Waals surface area (Å²) in [5.41, 5.74) is 6.68. The first-order chi connectivity index (χ1) is 25.2. The van der Waals surface area contributed by atoms with Gasteiger partial charge in [-0.05, 0) is 75.6 Å². The lowest BCUT2D eigenvalue weighted by Gasteiger charge is -2.26. The number of pyridine rings is 1. The zero-order chi connectivity index (χ0) is 33.5. The Morgan fingerprint density at radius 2 is 0.882 bits per heavy atom. The molecule has 2 nitrogen and oxygen atoms in total. The van der Waals surface area contributed by atoms with Gasteiger partial charge in [-0.1, -0.05) is 115 Å². The Balaban J connectivity index is 1.09. The van der Waals surface area contributed by atoms with Gasteiger partial charge in [0.05, 0.1) is 5.52 Å². The maximum Gasteiger partial charge on any atom is 0.0702 e. The Morgan fingerprint density at radius 1 is 0.373 bits per heavy atom. The van der Waals surface area contributed by atoms with Crippen LogP contribution in [0.1, 0.15) is 0 Å². The molecule has 0 saturated carbocycles. The van der Waals surface area contributed by atoms with Crippen molar-refractivity contribution < 1.29 is 0 Å². The lowest BCUT2D eigenvalue weighted by Crippen LogP contribution is -2.09. The van der Waals surface area contributed by atoms with Gasteiger partial charge in [-0.3, -0.25) is 4.98 Å². The summed E-state index contributed by atoms with van der Waals surface area (Å²) in [4.78, 5) is 7.14. The van der Waals surface area contributed by atoms with Crippen molar-refractivity contribution in [3.63, 3.8) is 0 Å². The van der Waals surface area contributed by atoms with Gasteiger partial charge in [-0.25, -0.2) is 0 Å². The predicted molar refractivity (Wildman–Crippen MR) is 223 cm³/mol. The van der Waals surface area contributed by atoms with E-state index < -0.39 is 0 Å². The molecule has 0 aliphatic rings. The molecule has 238 valence electrons. The zero-order valence-corrected chi connectivity index (χ0v) is 29.0. The largest absolute Gasteiger partial charge is 0.310 e. The highest BCUT2D eigenvalue weighted by atomic mass is 32.1. The van der Waals surface area contributed by atoms with Gasteiger partial charge in [0.1, 0.15) is 0 Å². The molecule has 0 bridgehead atoms. The van der Waals surface area contributed by atoms with Gasteiger partial charge in [0.15, 0.2) is 0 Å². The van der Waals surface area contributed by atoms with Gasteiger partial charge < -0.3 is 4.90 Å². The Morgan fingerprint density at radius 3 is 1.49 bits per heavy atom. The number of hydrogen-bond donors (Lipinski definition) is 0. The number of hydrogen-bond acceptors (Lipinski definition) is 4. The molecule has 0 N–H and O–H groups in total. The first kappa shape index (κ1) is 28.7. The third kappa shape index (κ3) is 4.58. The summed E-state index contributed by atoms with van der Waals surface area (Å²) in [5.74, 6) is 0. The summed E-state index contributed by atoms with van der Waals surface area (Å²) in [6, 6.07) is 59.9. The lowest BCUT2D eigenvalue weighted by atomic mass is 10.0. The quantitative estimate of drug-likeness (QED) is 0.183. The van der Waals surface area contributed by atoms with Crippen LogP contribution in [0.15, 0.2) is 170 Å². The molecule has 0 aliphatic heterocycles. The average Bonchev–Trinajstić information content (AvgIpc) is 3.76. The van der Waals surface area contributed by atoms with E-state index in [4.69, 9.17) is 4.98 Å². The third-order valence-corrected chi connectivity index (χ3v) is 12.7. The van der Waals surface area contributed by atoms with Gasteiger partial charge in [-0.2, -0.15) is 0 Å². The van der Waals surface area contributed by atoms with Crippen LogP contribution in [-0.2, 0) is 0 Å². The third-order valence-electron chi connectivity index (χ3n) is 10.3. The molecule has 0 atom stereocenters. The molecule has 0 unspecified atom stereocenters. The van der Waals surface area contributed by atoms with Crippen molar-refractivity contribution >= 4 is 113 Å².